The molecule has 1 heterocycles. The van der Waals surface area contributed by atoms with Gasteiger partial charge in [-0.1, -0.05) is 30.3 Å². The molecule has 0 bridgehead atoms. The number of hydrogen-bond donors (Lipinski definition) is 0. The molecule has 0 saturated carbocycles. The third-order valence-corrected chi connectivity index (χ3v) is 4.47. The molecule has 1 aromatic heterocycles. The van der Waals surface area contributed by atoms with E-state index in [1.54, 1.807) is 42.3 Å². The van der Waals surface area contributed by atoms with Crippen LogP contribution in [0.25, 0.3) is 0 Å². The van der Waals surface area contributed by atoms with Gasteiger partial charge >= 0.3 is 0 Å². The summed E-state index contributed by atoms with van der Waals surface area (Å²) in [5, 5.41) is 0. The predicted molar refractivity (Wildman–Crippen MR) is 113 cm³/mol. The molecule has 0 radical (unpaired) electrons. The quantitative estimate of drug-likeness (QED) is 0.601. The maximum absolute atomic E-state index is 13.9. The molecule has 0 aliphatic heterocycles. The summed E-state index contributed by atoms with van der Waals surface area (Å²) in [6.45, 7) is 1.94. The maximum Gasteiger partial charge on any atom is 0.269 e. The molecule has 0 N–H and O–H groups in total. The van der Waals surface area contributed by atoms with E-state index >= 15 is 0 Å². The van der Waals surface area contributed by atoms with Gasteiger partial charge in [0.2, 0.25) is 0 Å². The summed E-state index contributed by atoms with van der Waals surface area (Å²) in [6.07, 6.45) is 0.752. The first kappa shape index (κ1) is 20.3. The molecular formula is C23H24FN3O2. The molecule has 150 valence electrons. The number of halogens is 1. The van der Waals surface area contributed by atoms with Crippen LogP contribution >= 0.6 is 0 Å². The van der Waals surface area contributed by atoms with Crippen molar-refractivity contribution in [2.45, 2.75) is 19.6 Å². The molecule has 0 aliphatic rings. The Balaban J connectivity index is 1.83. The zero-order chi connectivity index (χ0) is 20.8. The largest absolute Gasteiger partial charge is 0.478 e. The molecule has 0 aliphatic carbocycles. The Hall–Kier alpha value is -3.41. The van der Waals surface area contributed by atoms with Crippen molar-refractivity contribution in [2.75, 3.05) is 23.9 Å². The van der Waals surface area contributed by atoms with Crippen molar-refractivity contribution in [3.8, 4) is 5.75 Å². The Morgan fingerprint density at radius 3 is 2.34 bits per heavy atom. The molecule has 0 spiro atoms. The average molecular weight is 393 g/mol. The van der Waals surface area contributed by atoms with E-state index in [1.165, 1.54) is 12.1 Å². The van der Waals surface area contributed by atoms with Gasteiger partial charge in [-0.2, -0.15) is 0 Å². The number of nitrogens with zero attached hydrogens (tertiary/aromatic N) is 3. The van der Waals surface area contributed by atoms with E-state index in [9.17, 15) is 9.18 Å². The van der Waals surface area contributed by atoms with Gasteiger partial charge in [0.25, 0.3) is 5.91 Å². The lowest BCUT2D eigenvalue weighted by Gasteiger charge is -2.26. The summed E-state index contributed by atoms with van der Waals surface area (Å²) in [6, 6.07) is 19.4. The van der Waals surface area contributed by atoms with Crippen LogP contribution in [0, 0.1) is 5.82 Å². The van der Waals surface area contributed by atoms with Crippen molar-refractivity contribution in [1.29, 1.82) is 0 Å². The summed E-state index contributed by atoms with van der Waals surface area (Å²) in [4.78, 5) is 21.0. The highest BCUT2D eigenvalue weighted by molar-refractivity contribution is 5.95. The second-order valence-corrected chi connectivity index (χ2v) is 6.86. The van der Waals surface area contributed by atoms with Gasteiger partial charge in [-0.3, -0.25) is 9.69 Å². The number of benzene rings is 2. The molecular weight excluding hydrogens is 369 g/mol. The highest BCUT2D eigenvalue weighted by Crippen LogP contribution is 2.21. The molecule has 3 rings (SSSR count). The molecule has 1 amide bonds. The van der Waals surface area contributed by atoms with Crippen LogP contribution in [-0.2, 0) is 11.3 Å². The number of carbonyl (C=O) groups excluding carboxylic acids is 1. The lowest BCUT2D eigenvalue weighted by atomic mass is 10.1. The standard InChI is InChI=1S/C23H24FN3O2/c1-17(29-21-9-5-4-8-20(21)24)23(28)27(22-10-6-7-15-25-22)16-18-11-13-19(14-12-18)26(2)3/h4-15,17H,16H2,1-3H3/t17-/m0/s1. The van der Waals surface area contributed by atoms with E-state index < -0.39 is 11.9 Å². The van der Waals surface area contributed by atoms with E-state index in [4.69, 9.17) is 4.74 Å². The number of amides is 1. The molecule has 2 aromatic carbocycles. The first-order chi connectivity index (χ1) is 14.0. The summed E-state index contributed by atoms with van der Waals surface area (Å²) < 4.78 is 19.5. The minimum atomic E-state index is -0.880. The van der Waals surface area contributed by atoms with E-state index in [-0.39, 0.29) is 11.7 Å². The number of hydrogen-bond acceptors (Lipinski definition) is 4. The topological polar surface area (TPSA) is 45.7 Å². The van der Waals surface area contributed by atoms with Gasteiger partial charge in [0.15, 0.2) is 17.7 Å². The van der Waals surface area contributed by atoms with Gasteiger partial charge in [-0.25, -0.2) is 9.37 Å². The van der Waals surface area contributed by atoms with Crippen LogP contribution in [0.15, 0.2) is 72.9 Å². The number of pyridine rings is 1. The molecule has 5 nitrogen and oxygen atoms in total. The Kier molecular flexibility index (Phi) is 6.44. The number of carbonyl (C=O) groups is 1. The Bertz CT molecular complexity index is 946. The fourth-order valence-corrected chi connectivity index (χ4v) is 2.87. The minimum absolute atomic E-state index is 0.0460. The number of rotatable bonds is 7. The smallest absolute Gasteiger partial charge is 0.269 e. The van der Waals surface area contributed by atoms with Crippen molar-refractivity contribution in [3.63, 3.8) is 0 Å². The Labute approximate surface area is 170 Å². The van der Waals surface area contributed by atoms with E-state index in [0.29, 0.717) is 12.4 Å². The van der Waals surface area contributed by atoms with E-state index in [2.05, 4.69) is 4.98 Å². The summed E-state index contributed by atoms with van der Waals surface area (Å²) in [5.41, 5.74) is 2.02. The van der Waals surface area contributed by atoms with E-state index in [0.717, 1.165) is 11.3 Å². The molecule has 0 unspecified atom stereocenters. The van der Waals surface area contributed by atoms with Crippen LogP contribution in [0.5, 0.6) is 5.75 Å². The summed E-state index contributed by atoms with van der Waals surface area (Å²) in [5.74, 6) is -0.248. The van der Waals surface area contributed by atoms with Crippen LogP contribution in [0.3, 0.4) is 0 Å². The van der Waals surface area contributed by atoms with Gasteiger partial charge in [0.1, 0.15) is 5.82 Å². The SMILES string of the molecule is C[C@H](Oc1ccccc1F)C(=O)N(Cc1ccc(N(C)C)cc1)c1ccccn1. The van der Waals surface area contributed by atoms with Crippen LogP contribution in [0.1, 0.15) is 12.5 Å². The first-order valence-corrected chi connectivity index (χ1v) is 9.35. The highest BCUT2D eigenvalue weighted by atomic mass is 19.1. The predicted octanol–water partition coefficient (Wildman–Crippen LogP) is 4.29. The van der Waals surface area contributed by atoms with Crippen LogP contribution in [0.2, 0.25) is 0 Å². The number of para-hydroxylation sites is 1. The lowest BCUT2D eigenvalue weighted by molar-refractivity contribution is -0.124. The fraction of sp³-hybridized carbons (Fsp3) is 0.217. The van der Waals surface area contributed by atoms with Crippen molar-refractivity contribution >= 4 is 17.4 Å². The number of aromatic nitrogens is 1. The second-order valence-electron chi connectivity index (χ2n) is 6.86. The monoisotopic (exact) mass is 393 g/mol. The molecule has 1 atom stereocenters. The third-order valence-electron chi connectivity index (χ3n) is 4.47. The van der Waals surface area contributed by atoms with Crippen molar-refractivity contribution in [1.82, 2.24) is 4.98 Å². The zero-order valence-electron chi connectivity index (χ0n) is 16.7. The van der Waals surface area contributed by atoms with Gasteiger partial charge < -0.3 is 9.64 Å². The Morgan fingerprint density at radius 1 is 1.03 bits per heavy atom. The van der Waals surface area contributed by atoms with Crippen LogP contribution < -0.4 is 14.5 Å². The van der Waals surface area contributed by atoms with Crippen molar-refractivity contribution in [2.24, 2.45) is 0 Å². The van der Waals surface area contributed by atoms with Crippen LogP contribution in [0.4, 0.5) is 15.9 Å². The van der Waals surface area contributed by atoms with Crippen molar-refractivity contribution in [3.05, 3.63) is 84.3 Å². The van der Waals surface area contributed by atoms with Gasteiger partial charge in [0.05, 0.1) is 6.54 Å². The summed E-state index contributed by atoms with van der Waals surface area (Å²) >= 11 is 0. The zero-order valence-corrected chi connectivity index (χ0v) is 16.7. The second kappa shape index (κ2) is 9.19. The minimum Gasteiger partial charge on any atom is -0.478 e. The lowest BCUT2D eigenvalue weighted by Crippen LogP contribution is -2.40. The van der Waals surface area contributed by atoms with E-state index in [1.807, 2.05) is 49.3 Å². The Morgan fingerprint density at radius 2 is 1.72 bits per heavy atom. The number of ether oxygens (including phenoxy) is 1. The maximum atomic E-state index is 13.9. The molecule has 6 heteroatoms. The van der Waals surface area contributed by atoms with Crippen LogP contribution in [-0.4, -0.2) is 31.1 Å². The number of anilines is 2. The molecule has 0 fully saturated rings. The van der Waals surface area contributed by atoms with Crippen molar-refractivity contribution < 1.29 is 13.9 Å². The first-order valence-electron chi connectivity index (χ1n) is 9.35. The van der Waals surface area contributed by atoms with Gasteiger partial charge in [-0.15, -0.1) is 0 Å². The molecule has 0 saturated heterocycles. The fourth-order valence-electron chi connectivity index (χ4n) is 2.87. The summed E-state index contributed by atoms with van der Waals surface area (Å²) in [7, 11) is 3.95. The average Bonchev–Trinajstić information content (AvgIpc) is 2.74. The molecule has 29 heavy (non-hydrogen) atoms. The van der Waals surface area contributed by atoms with Gasteiger partial charge in [-0.05, 0) is 48.9 Å². The highest BCUT2D eigenvalue weighted by Gasteiger charge is 2.25. The van der Waals surface area contributed by atoms with Gasteiger partial charge in [0, 0.05) is 26.0 Å². The normalized spacial score (nSPS) is 11.6. The third kappa shape index (κ3) is 5.10. The molecule has 3 aromatic rings.